The van der Waals surface area contributed by atoms with Gasteiger partial charge in [-0.2, -0.15) is 0 Å². The SMILES string of the molecule is C=CC(=O)O[C@@H](C)[C@@H](/C=C/C(=O)O[C@@H](C)CC(=O)O[C@@H](C)/C=N/O[Si](C)(C)C(C)(C)C)OCOCCOC. The van der Waals surface area contributed by atoms with Crippen molar-refractivity contribution in [1.82, 2.24) is 0 Å². The first kappa shape index (κ1) is 35.5. The van der Waals surface area contributed by atoms with E-state index in [4.69, 9.17) is 32.9 Å². The van der Waals surface area contributed by atoms with Gasteiger partial charge in [0.25, 0.3) is 8.32 Å². The van der Waals surface area contributed by atoms with Crippen molar-refractivity contribution in [1.29, 1.82) is 0 Å². The molecular weight excluding hydrogens is 514 g/mol. The molecule has 0 aliphatic heterocycles. The minimum atomic E-state index is -2.06. The Hall–Kier alpha value is -2.54. The molecule has 0 fully saturated rings. The Morgan fingerprint density at radius 2 is 1.66 bits per heavy atom. The smallest absolute Gasteiger partial charge is 0.330 e. The van der Waals surface area contributed by atoms with Gasteiger partial charge < -0.3 is 32.9 Å². The summed E-state index contributed by atoms with van der Waals surface area (Å²) in [6.45, 7) is 19.2. The third-order valence-electron chi connectivity index (χ3n) is 5.58. The molecule has 38 heavy (non-hydrogen) atoms. The molecular formula is C26H45NO10Si. The van der Waals surface area contributed by atoms with Crippen LogP contribution >= 0.6 is 0 Å². The van der Waals surface area contributed by atoms with Crippen LogP contribution in [0.5, 0.6) is 0 Å². The topological polar surface area (TPSA) is 128 Å². The number of carbonyl (C=O) groups excluding carboxylic acids is 3. The molecule has 0 spiro atoms. The minimum absolute atomic E-state index is 0.00390. The summed E-state index contributed by atoms with van der Waals surface area (Å²) in [7, 11) is -0.514. The number of carbonyl (C=O) groups is 3. The first-order valence-electron chi connectivity index (χ1n) is 12.4. The monoisotopic (exact) mass is 559 g/mol. The molecule has 0 N–H and O–H groups in total. The van der Waals surface area contributed by atoms with Gasteiger partial charge in [0.2, 0.25) is 0 Å². The highest BCUT2D eigenvalue weighted by Crippen LogP contribution is 2.36. The lowest BCUT2D eigenvalue weighted by atomic mass is 10.2. The number of methoxy groups -OCH3 is 1. The van der Waals surface area contributed by atoms with Gasteiger partial charge >= 0.3 is 17.9 Å². The zero-order valence-electron chi connectivity index (χ0n) is 24.2. The second-order valence-electron chi connectivity index (χ2n) is 10.1. The normalized spacial score (nSPS) is 15.5. The first-order chi connectivity index (χ1) is 17.6. The molecule has 0 aromatic carbocycles. The van der Waals surface area contributed by atoms with Gasteiger partial charge in [-0.05, 0) is 45.0 Å². The van der Waals surface area contributed by atoms with Crippen molar-refractivity contribution in [3.8, 4) is 0 Å². The van der Waals surface area contributed by atoms with E-state index in [9.17, 15) is 14.4 Å². The van der Waals surface area contributed by atoms with E-state index in [1.165, 1.54) is 12.3 Å². The molecule has 0 amide bonds. The van der Waals surface area contributed by atoms with Gasteiger partial charge in [0.05, 0.1) is 25.8 Å². The highest BCUT2D eigenvalue weighted by Gasteiger charge is 2.39. The summed E-state index contributed by atoms with van der Waals surface area (Å²) < 4.78 is 37.1. The van der Waals surface area contributed by atoms with Gasteiger partial charge in [-0.15, -0.1) is 5.16 Å². The second kappa shape index (κ2) is 17.9. The molecule has 4 atom stereocenters. The summed E-state index contributed by atoms with van der Waals surface area (Å²) in [4.78, 5) is 36.0. The maximum absolute atomic E-state index is 12.3. The van der Waals surface area contributed by atoms with Gasteiger partial charge in [0, 0.05) is 19.3 Å². The molecule has 12 heteroatoms. The summed E-state index contributed by atoms with van der Waals surface area (Å²) in [6.07, 6.45) is 1.91. The van der Waals surface area contributed by atoms with Crippen molar-refractivity contribution in [2.75, 3.05) is 27.1 Å². The van der Waals surface area contributed by atoms with Crippen LogP contribution in [0.25, 0.3) is 0 Å². The Balaban J connectivity index is 4.79. The van der Waals surface area contributed by atoms with Crippen LogP contribution in [0.3, 0.4) is 0 Å². The number of esters is 3. The van der Waals surface area contributed by atoms with E-state index in [1.807, 2.05) is 0 Å². The Morgan fingerprint density at radius 3 is 2.24 bits per heavy atom. The summed E-state index contributed by atoms with van der Waals surface area (Å²) in [5.74, 6) is -1.90. The fourth-order valence-electron chi connectivity index (χ4n) is 2.33. The summed E-state index contributed by atoms with van der Waals surface area (Å²) in [5.41, 5.74) is 0. The third kappa shape index (κ3) is 15.6. The van der Waals surface area contributed by atoms with Crippen molar-refractivity contribution < 1.29 is 47.3 Å². The highest BCUT2D eigenvalue weighted by molar-refractivity contribution is 6.74. The van der Waals surface area contributed by atoms with Gasteiger partial charge in [0.15, 0.2) is 0 Å². The standard InChI is InChI=1S/C26H45NO10Si/c1-11-23(28)36-21(4)22(33-18-32-15-14-31-8)12-13-24(29)34-19(2)16-25(30)35-20(3)17-27-37-38(9,10)26(5,6)7/h11-13,17,19-22H,1,14-16,18H2,2-10H3/b13-12+,27-17+/t19-,20-,21-,22+/m0/s1. The summed E-state index contributed by atoms with van der Waals surface area (Å²) in [6, 6.07) is 0. The van der Waals surface area contributed by atoms with Crippen LogP contribution in [0.15, 0.2) is 30.0 Å². The molecule has 0 radical (unpaired) electrons. The fourth-order valence-corrected chi connectivity index (χ4v) is 2.93. The second-order valence-corrected chi connectivity index (χ2v) is 14.8. The van der Waals surface area contributed by atoms with Crippen molar-refractivity contribution in [3.05, 3.63) is 24.8 Å². The lowest BCUT2D eigenvalue weighted by molar-refractivity contribution is -0.155. The van der Waals surface area contributed by atoms with E-state index < -0.39 is 50.6 Å². The predicted molar refractivity (Wildman–Crippen MR) is 145 cm³/mol. The maximum Gasteiger partial charge on any atom is 0.330 e. The molecule has 0 saturated carbocycles. The van der Waals surface area contributed by atoms with E-state index in [2.05, 4.69) is 45.6 Å². The fraction of sp³-hybridized carbons (Fsp3) is 0.692. The summed E-state index contributed by atoms with van der Waals surface area (Å²) >= 11 is 0. The first-order valence-corrected chi connectivity index (χ1v) is 15.3. The molecule has 0 aromatic heterocycles. The average Bonchev–Trinajstić information content (AvgIpc) is 2.79. The van der Waals surface area contributed by atoms with Crippen molar-refractivity contribution in [3.63, 3.8) is 0 Å². The maximum atomic E-state index is 12.3. The number of ether oxygens (including phenoxy) is 6. The molecule has 0 bridgehead atoms. The average molecular weight is 560 g/mol. The van der Waals surface area contributed by atoms with Crippen LogP contribution in [0.1, 0.15) is 48.0 Å². The Labute approximate surface area is 227 Å². The lowest BCUT2D eigenvalue weighted by Crippen LogP contribution is -2.39. The van der Waals surface area contributed by atoms with Crippen LogP contribution in [-0.2, 0) is 47.3 Å². The number of rotatable bonds is 18. The van der Waals surface area contributed by atoms with Crippen LogP contribution < -0.4 is 0 Å². The molecule has 0 rings (SSSR count). The van der Waals surface area contributed by atoms with Gasteiger partial charge in [-0.3, -0.25) is 4.79 Å². The molecule has 0 unspecified atom stereocenters. The Kier molecular flexibility index (Phi) is 16.7. The number of oxime groups is 1. The predicted octanol–water partition coefficient (Wildman–Crippen LogP) is 3.93. The van der Waals surface area contributed by atoms with Crippen LogP contribution in [0.4, 0.5) is 0 Å². The Bertz CT molecular complexity index is 806. The zero-order chi connectivity index (χ0) is 29.4. The zero-order valence-corrected chi connectivity index (χ0v) is 25.2. The van der Waals surface area contributed by atoms with Gasteiger partial charge in [-0.25, -0.2) is 9.59 Å². The quantitative estimate of drug-likeness (QED) is 0.0356. The third-order valence-corrected chi connectivity index (χ3v) is 9.75. The van der Waals surface area contributed by atoms with Gasteiger partial charge in [0.1, 0.15) is 31.2 Å². The van der Waals surface area contributed by atoms with E-state index >= 15 is 0 Å². The molecule has 0 aromatic rings. The molecule has 0 saturated heterocycles. The van der Waals surface area contributed by atoms with E-state index in [0.717, 1.165) is 12.2 Å². The number of hydrogen-bond donors (Lipinski definition) is 0. The lowest BCUT2D eigenvalue weighted by Gasteiger charge is -2.33. The van der Waals surface area contributed by atoms with E-state index in [0.29, 0.717) is 13.2 Å². The van der Waals surface area contributed by atoms with Gasteiger partial charge in [-0.1, -0.05) is 27.4 Å². The largest absolute Gasteiger partial charge is 0.459 e. The molecule has 0 aliphatic carbocycles. The molecule has 0 heterocycles. The summed E-state index contributed by atoms with van der Waals surface area (Å²) in [5, 5.41) is 4.00. The number of hydrogen-bond acceptors (Lipinski definition) is 11. The highest BCUT2D eigenvalue weighted by atomic mass is 28.4. The van der Waals surface area contributed by atoms with Crippen LogP contribution in [0.2, 0.25) is 18.1 Å². The van der Waals surface area contributed by atoms with Crippen molar-refractivity contribution in [2.45, 2.75) is 90.5 Å². The molecule has 0 aliphatic rings. The van der Waals surface area contributed by atoms with Crippen molar-refractivity contribution in [2.24, 2.45) is 5.16 Å². The molecule has 218 valence electrons. The molecule has 11 nitrogen and oxygen atoms in total. The number of nitrogens with zero attached hydrogens (tertiary/aromatic N) is 1. The van der Waals surface area contributed by atoms with Crippen LogP contribution in [0, 0.1) is 0 Å². The van der Waals surface area contributed by atoms with E-state index in [1.54, 1.807) is 27.9 Å². The van der Waals surface area contributed by atoms with E-state index in [-0.39, 0.29) is 18.3 Å². The Morgan fingerprint density at radius 1 is 1.00 bits per heavy atom. The minimum Gasteiger partial charge on any atom is -0.459 e. The van der Waals surface area contributed by atoms with Crippen LogP contribution in [-0.4, -0.2) is 84.0 Å². The van der Waals surface area contributed by atoms with Crippen molar-refractivity contribution >= 4 is 32.4 Å².